The molecule has 106 valence electrons. The maximum atomic E-state index is 10.6. The monoisotopic (exact) mass is 286 g/mol. The lowest BCUT2D eigenvalue weighted by Gasteiger charge is -2.05. The number of rotatable bonds is 4. The van der Waals surface area contributed by atoms with E-state index in [0.29, 0.717) is 0 Å². The standard InChI is InChI=1S/C13H10N4O4/c14-11(8-4-2-1-3-5-8)13-16-15-12(21-13)9-6-7-10(20-9)17(18)19/h1-7,11H,14H2. The molecule has 2 heterocycles. The molecule has 0 saturated heterocycles. The van der Waals surface area contributed by atoms with E-state index in [-0.39, 0.29) is 17.5 Å². The number of hydrogen-bond acceptors (Lipinski definition) is 7. The highest BCUT2D eigenvalue weighted by molar-refractivity contribution is 5.46. The second-order valence-corrected chi connectivity index (χ2v) is 4.23. The zero-order valence-electron chi connectivity index (χ0n) is 10.7. The highest BCUT2D eigenvalue weighted by Gasteiger charge is 2.21. The molecule has 8 nitrogen and oxygen atoms in total. The molecule has 1 aromatic carbocycles. The van der Waals surface area contributed by atoms with Gasteiger partial charge in [0.2, 0.25) is 5.89 Å². The maximum Gasteiger partial charge on any atom is 0.433 e. The summed E-state index contributed by atoms with van der Waals surface area (Å²) in [6, 6.07) is 11.3. The van der Waals surface area contributed by atoms with Gasteiger partial charge in [0, 0.05) is 0 Å². The lowest BCUT2D eigenvalue weighted by atomic mass is 10.1. The second-order valence-electron chi connectivity index (χ2n) is 4.23. The Hall–Kier alpha value is -3.00. The summed E-state index contributed by atoms with van der Waals surface area (Å²) in [6.07, 6.45) is 0. The van der Waals surface area contributed by atoms with Gasteiger partial charge >= 0.3 is 5.88 Å². The van der Waals surface area contributed by atoms with E-state index >= 15 is 0 Å². The fourth-order valence-corrected chi connectivity index (χ4v) is 1.80. The summed E-state index contributed by atoms with van der Waals surface area (Å²) in [5, 5.41) is 18.2. The molecule has 1 unspecified atom stereocenters. The minimum absolute atomic E-state index is 0.0458. The first kappa shape index (κ1) is 13.0. The molecule has 21 heavy (non-hydrogen) atoms. The third-order valence-corrected chi connectivity index (χ3v) is 2.85. The Labute approximate surface area is 118 Å². The summed E-state index contributed by atoms with van der Waals surface area (Å²) < 4.78 is 10.4. The SMILES string of the molecule is NC(c1ccccc1)c1nnc(-c2ccc([N+](=O)[O-])o2)o1. The smallest absolute Gasteiger partial charge is 0.416 e. The largest absolute Gasteiger partial charge is 0.433 e. The number of nitro groups is 1. The molecule has 0 saturated carbocycles. The fourth-order valence-electron chi connectivity index (χ4n) is 1.80. The minimum atomic E-state index is -0.642. The van der Waals surface area contributed by atoms with Gasteiger partial charge in [0.15, 0.2) is 5.76 Å². The van der Waals surface area contributed by atoms with Gasteiger partial charge in [-0.1, -0.05) is 30.3 Å². The normalized spacial score (nSPS) is 12.2. The van der Waals surface area contributed by atoms with E-state index in [2.05, 4.69) is 10.2 Å². The van der Waals surface area contributed by atoms with Crippen LogP contribution >= 0.6 is 0 Å². The third-order valence-electron chi connectivity index (χ3n) is 2.85. The summed E-state index contributed by atoms with van der Waals surface area (Å²) in [4.78, 5) is 9.93. The minimum Gasteiger partial charge on any atom is -0.416 e. The van der Waals surface area contributed by atoms with Crippen molar-refractivity contribution in [1.82, 2.24) is 10.2 Å². The first-order valence-electron chi connectivity index (χ1n) is 6.03. The molecule has 0 aliphatic carbocycles. The van der Waals surface area contributed by atoms with Crippen LogP contribution in [-0.4, -0.2) is 15.1 Å². The molecule has 0 fully saturated rings. The van der Waals surface area contributed by atoms with E-state index in [4.69, 9.17) is 14.6 Å². The molecule has 0 spiro atoms. The van der Waals surface area contributed by atoms with Gasteiger partial charge in [0.05, 0.1) is 6.07 Å². The first-order chi connectivity index (χ1) is 10.1. The van der Waals surface area contributed by atoms with Gasteiger partial charge in [-0.2, -0.15) is 0 Å². The van der Waals surface area contributed by atoms with Gasteiger partial charge in [-0.05, 0) is 11.6 Å². The molecule has 2 N–H and O–H groups in total. The van der Waals surface area contributed by atoms with Crippen molar-refractivity contribution in [2.45, 2.75) is 6.04 Å². The molecule has 2 aromatic heterocycles. The van der Waals surface area contributed by atoms with Gasteiger partial charge in [-0.15, -0.1) is 10.2 Å². The molecule has 0 aliphatic heterocycles. The number of nitrogens with zero attached hydrogens (tertiary/aromatic N) is 3. The number of aromatic nitrogens is 2. The van der Waals surface area contributed by atoms with Crippen molar-refractivity contribution in [1.29, 1.82) is 0 Å². The Balaban J connectivity index is 1.87. The van der Waals surface area contributed by atoms with Gasteiger partial charge in [0.25, 0.3) is 5.89 Å². The van der Waals surface area contributed by atoms with E-state index in [1.807, 2.05) is 30.3 Å². The summed E-state index contributed by atoms with van der Waals surface area (Å²) in [7, 11) is 0. The highest BCUT2D eigenvalue weighted by Crippen LogP contribution is 2.27. The molecule has 0 aliphatic rings. The van der Waals surface area contributed by atoms with Crippen molar-refractivity contribution in [3.05, 3.63) is 64.0 Å². The number of nitrogens with two attached hydrogens (primary N) is 1. The van der Waals surface area contributed by atoms with Crippen LogP contribution < -0.4 is 5.73 Å². The molecule has 0 amide bonds. The zero-order valence-corrected chi connectivity index (χ0v) is 10.7. The molecular weight excluding hydrogens is 276 g/mol. The summed E-state index contributed by atoms with van der Waals surface area (Å²) >= 11 is 0. The topological polar surface area (TPSA) is 121 Å². The van der Waals surface area contributed by atoms with Gasteiger partial charge in [-0.3, -0.25) is 10.1 Å². The van der Waals surface area contributed by atoms with E-state index in [1.165, 1.54) is 12.1 Å². The average Bonchev–Trinajstić information content (AvgIpc) is 3.16. The van der Waals surface area contributed by atoms with Crippen LogP contribution in [0.3, 0.4) is 0 Å². The van der Waals surface area contributed by atoms with Crippen molar-refractivity contribution in [3.63, 3.8) is 0 Å². The van der Waals surface area contributed by atoms with E-state index < -0.39 is 16.8 Å². The zero-order chi connectivity index (χ0) is 14.8. The van der Waals surface area contributed by atoms with Crippen molar-refractivity contribution >= 4 is 5.88 Å². The van der Waals surface area contributed by atoms with E-state index in [1.54, 1.807) is 0 Å². The molecule has 0 radical (unpaired) electrons. The number of furan rings is 1. The average molecular weight is 286 g/mol. The molecule has 8 heteroatoms. The number of benzene rings is 1. The highest BCUT2D eigenvalue weighted by atomic mass is 16.6. The third kappa shape index (κ3) is 2.51. The van der Waals surface area contributed by atoms with Gasteiger partial charge in [0.1, 0.15) is 11.0 Å². The summed E-state index contributed by atoms with van der Waals surface area (Å²) in [6.45, 7) is 0. The molecule has 1 atom stereocenters. The van der Waals surface area contributed by atoms with E-state index in [9.17, 15) is 10.1 Å². The molecule has 3 rings (SSSR count). The van der Waals surface area contributed by atoms with Crippen LogP contribution in [0.15, 0.2) is 51.3 Å². The van der Waals surface area contributed by atoms with Crippen LogP contribution in [0.2, 0.25) is 0 Å². The van der Waals surface area contributed by atoms with Crippen LogP contribution in [0.5, 0.6) is 0 Å². The first-order valence-corrected chi connectivity index (χ1v) is 6.03. The van der Waals surface area contributed by atoms with Gasteiger partial charge < -0.3 is 14.6 Å². The predicted octanol–water partition coefficient (Wildman–Crippen LogP) is 2.29. The molecular formula is C13H10N4O4. The predicted molar refractivity (Wildman–Crippen MR) is 71.1 cm³/mol. The van der Waals surface area contributed by atoms with Crippen LogP contribution in [0.4, 0.5) is 5.88 Å². The Morgan fingerprint density at radius 3 is 2.52 bits per heavy atom. The Morgan fingerprint density at radius 2 is 1.86 bits per heavy atom. The van der Waals surface area contributed by atoms with Crippen molar-refractivity contribution in [3.8, 4) is 11.7 Å². The second kappa shape index (κ2) is 5.17. The fraction of sp³-hybridized carbons (Fsp3) is 0.0769. The lowest BCUT2D eigenvalue weighted by Crippen LogP contribution is -2.11. The van der Waals surface area contributed by atoms with Crippen LogP contribution in [0.1, 0.15) is 17.5 Å². The van der Waals surface area contributed by atoms with Gasteiger partial charge in [-0.25, -0.2) is 0 Å². The van der Waals surface area contributed by atoms with Crippen LogP contribution in [0, 0.1) is 10.1 Å². The maximum absolute atomic E-state index is 10.6. The number of hydrogen-bond donors (Lipinski definition) is 1. The van der Waals surface area contributed by atoms with Crippen molar-refractivity contribution < 1.29 is 13.8 Å². The lowest BCUT2D eigenvalue weighted by molar-refractivity contribution is -0.401. The van der Waals surface area contributed by atoms with Crippen molar-refractivity contribution in [2.75, 3.05) is 0 Å². The van der Waals surface area contributed by atoms with Crippen molar-refractivity contribution in [2.24, 2.45) is 5.73 Å². The van der Waals surface area contributed by atoms with E-state index in [0.717, 1.165) is 5.56 Å². The molecule has 3 aromatic rings. The van der Waals surface area contributed by atoms with Crippen LogP contribution in [-0.2, 0) is 0 Å². The molecule has 0 bridgehead atoms. The Morgan fingerprint density at radius 1 is 1.10 bits per heavy atom. The summed E-state index contributed by atoms with van der Waals surface area (Å²) in [5.41, 5.74) is 6.84. The Kier molecular flexibility index (Phi) is 3.20. The summed E-state index contributed by atoms with van der Waals surface area (Å²) in [5.74, 6) is -0.0162. The quantitative estimate of drug-likeness (QED) is 0.576. The Bertz CT molecular complexity index is 765. The van der Waals surface area contributed by atoms with Crippen LogP contribution in [0.25, 0.3) is 11.7 Å².